The highest BCUT2D eigenvalue weighted by atomic mass is 32.2. The molecule has 0 unspecified atom stereocenters. The first kappa shape index (κ1) is 14.3. The molecule has 0 atom stereocenters. The minimum atomic E-state index is -3.74. The van der Waals surface area contributed by atoms with Gasteiger partial charge in [0.1, 0.15) is 0 Å². The summed E-state index contributed by atoms with van der Waals surface area (Å²) in [6, 6.07) is 6.23. The predicted octanol–water partition coefficient (Wildman–Crippen LogP) is -0.161. The van der Waals surface area contributed by atoms with Gasteiger partial charge in [-0.2, -0.15) is 4.80 Å². The van der Waals surface area contributed by atoms with E-state index in [1.54, 1.807) is 12.1 Å². The molecule has 0 aliphatic rings. The quantitative estimate of drug-likeness (QED) is 0.737. The van der Waals surface area contributed by atoms with E-state index in [4.69, 9.17) is 18.0 Å². The van der Waals surface area contributed by atoms with E-state index in [0.29, 0.717) is 11.4 Å². The van der Waals surface area contributed by atoms with E-state index in [2.05, 4.69) is 20.1 Å². The molecule has 0 bridgehead atoms. The summed E-state index contributed by atoms with van der Waals surface area (Å²) in [5.41, 5.74) is 6.27. The van der Waals surface area contributed by atoms with Crippen LogP contribution in [0.2, 0.25) is 0 Å². The lowest BCUT2D eigenvalue weighted by atomic mass is 10.1. The average Bonchev–Trinajstić information content (AvgIpc) is 2.74. The van der Waals surface area contributed by atoms with Gasteiger partial charge in [0.2, 0.25) is 0 Å². The number of nitrogens with zero attached hydrogens (tertiary/aromatic N) is 4. The van der Waals surface area contributed by atoms with Crippen molar-refractivity contribution < 1.29 is 8.42 Å². The number of anilines is 1. The zero-order chi connectivity index (χ0) is 14.8. The topological polar surface area (TPSA) is 116 Å². The third-order valence-electron chi connectivity index (χ3n) is 2.35. The molecule has 3 N–H and O–H groups in total. The number of sulfonamides is 1. The van der Waals surface area contributed by atoms with Crippen molar-refractivity contribution in [3.63, 3.8) is 0 Å². The van der Waals surface area contributed by atoms with Crippen LogP contribution in [0.1, 0.15) is 5.56 Å². The Morgan fingerprint density at radius 2 is 2.05 bits per heavy atom. The van der Waals surface area contributed by atoms with E-state index in [1.807, 2.05) is 0 Å². The number of nitrogens with one attached hydrogen (secondary N) is 1. The van der Waals surface area contributed by atoms with Crippen molar-refractivity contribution in [1.82, 2.24) is 20.2 Å². The summed E-state index contributed by atoms with van der Waals surface area (Å²) in [6.07, 6.45) is 0.425. The third kappa shape index (κ3) is 3.48. The van der Waals surface area contributed by atoms with Crippen LogP contribution in [0.4, 0.5) is 5.95 Å². The molecule has 2 rings (SSSR count). The summed E-state index contributed by atoms with van der Waals surface area (Å²) in [6.45, 7) is 0. The van der Waals surface area contributed by atoms with Gasteiger partial charge in [0, 0.05) is 6.42 Å². The lowest BCUT2D eigenvalue weighted by molar-refractivity contribution is 0.600. The van der Waals surface area contributed by atoms with Crippen molar-refractivity contribution in [2.24, 2.45) is 12.8 Å². The Morgan fingerprint density at radius 1 is 1.40 bits per heavy atom. The van der Waals surface area contributed by atoms with Gasteiger partial charge in [0.15, 0.2) is 0 Å². The van der Waals surface area contributed by atoms with E-state index in [0.717, 1.165) is 10.4 Å². The molecule has 0 aliphatic carbocycles. The highest BCUT2D eigenvalue weighted by Crippen LogP contribution is 2.14. The molecule has 106 valence electrons. The molecule has 0 amide bonds. The minimum Gasteiger partial charge on any atom is -0.393 e. The van der Waals surface area contributed by atoms with Gasteiger partial charge < -0.3 is 5.73 Å². The maximum Gasteiger partial charge on any atom is 0.277 e. The molecule has 1 heterocycles. The molecule has 0 spiro atoms. The Kier molecular flexibility index (Phi) is 3.95. The second-order valence-electron chi connectivity index (χ2n) is 4.00. The van der Waals surface area contributed by atoms with E-state index in [1.165, 1.54) is 19.2 Å². The standard InChI is InChI=1S/C10H12N6O2S2/c1-16-13-10(12-15-16)14-20(17,18)8-4-2-7(3-5-8)6-9(11)19/h2-5H,6H2,1H3,(H2,11,19)(H,13,14). The van der Waals surface area contributed by atoms with Gasteiger partial charge in [-0.3, -0.25) is 0 Å². The molecule has 1 aromatic heterocycles. The van der Waals surface area contributed by atoms with Crippen LogP contribution in [0.25, 0.3) is 0 Å². The molecule has 10 heteroatoms. The van der Waals surface area contributed by atoms with Crippen molar-refractivity contribution in [3.05, 3.63) is 29.8 Å². The molecule has 0 saturated heterocycles. The van der Waals surface area contributed by atoms with Crippen molar-refractivity contribution in [2.45, 2.75) is 11.3 Å². The van der Waals surface area contributed by atoms with E-state index in [-0.39, 0.29) is 10.8 Å². The smallest absolute Gasteiger partial charge is 0.277 e. The maximum absolute atomic E-state index is 12.1. The first-order valence-corrected chi connectivity index (χ1v) is 7.40. The molecule has 2 aromatic rings. The Morgan fingerprint density at radius 3 is 2.55 bits per heavy atom. The van der Waals surface area contributed by atoms with Crippen molar-refractivity contribution in [2.75, 3.05) is 4.72 Å². The minimum absolute atomic E-state index is 0.0836. The van der Waals surface area contributed by atoms with Crippen molar-refractivity contribution in [3.8, 4) is 0 Å². The van der Waals surface area contributed by atoms with Crippen LogP contribution in [0.5, 0.6) is 0 Å². The number of benzene rings is 1. The molecule has 0 saturated carbocycles. The summed E-state index contributed by atoms with van der Waals surface area (Å²) >= 11 is 4.79. The number of tetrazole rings is 1. The first-order chi connectivity index (χ1) is 9.37. The molecule has 0 aliphatic heterocycles. The Balaban J connectivity index is 2.19. The summed E-state index contributed by atoms with van der Waals surface area (Å²) in [4.78, 5) is 1.60. The lowest BCUT2D eigenvalue weighted by Crippen LogP contribution is -2.15. The normalized spacial score (nSPS) is 11.2. The van der Waals surface area contributed by atoms with Gasteiger partial charge >= 0.3 is 0 Å². The zero-order valence-electron chi connectivity index (χ0n) is 10.5. The monoisotopic (exact) mass is 312 g/mol. The van der Waals surface area contributed by atoms with Crippen molar-refractivity contribution >= 4 is 33.2 Å². The van der Waals surface area contributed by atoms with Gasteiger partial charge in [-0.05, 0) is 22.9 Å². The lowest BCUT2D eigenvalue weighted by Gasteiger charge is -2.05. The first-order valence-electron chi connectivity index (χ1n) is 5.51. The predicted molar refractivity (Wildman–Crippen MR) is 76.5 cm³/mol. The van der Waals surface area contributed by atoms with Crippen LogP contribution in [-0.4, -0.2) is 33.6 Å². The summed E-state index contributed by atoms with van der Waals surface area (Å²) in [5.74, 6) is -0.0836. The Hall–Kier alpha value is -2.07. The summed E-state index contributed by atoms with van der Waals surface area (Å²) in [7, 11) is -2.20. The summed E-state index contributed by atoms with van der Waals surface area (Å²) < 4.78 is 26.4. The number of aryl methyl sites for hydroxylation is 1. The van der Waals surface area contributed by atoms with Gasteiger partial charge in [-0.25, -0.2) is 13.1 Å². The molecule has 0 fully saturated rings. The van der Waals surface area contributed by atoms with Crippen LogP contribution < -0.4 is 10.5 Å². The molecule has 1 aromatic carbocycles. The SMILES string of the molecule is Cn1nnc(NS(=O)(=O)c2ccc(CC(N)=S)cc2)n1. The van der Waals surface area contributed by atoms with Crippen molar-refractivity contribution in [1.29, 1.82) is 0 Å². The molecule has 8 nitrogen and oxygen atoms in total. The molecular weight excluding hydrogens is 300 g/mol. The van der Waals surface area contributed by atoms with Gasteiger partial charge in [-0.1, -0.05) is 29.4 Å². The number of nitrogens with two attached hydrogens (primary N) is 1. The fraction of sp³-hybridized carbons (Fsp3) is 0.200. The Bertz CT molecular complexity index is 722. The second-order valence-corrected chi connectivity index (χ2v) is 6.20. The van der Waals surface area contributed by atoms with Crippen LogP contribution in [0.15, 0.2) is 29.2 Å². The van der Waals surface area contributed by atoms with Crippen LogP contribution in [0.3, 0.4) is 0 Å². The number of rotatable bonds is 5. The van der Waals surface area contributed by atoms with Gasteiger partial charge in [0.05, 0.1) is 16.9 Å². The molecule has 0 radical (unpaired) electrons. The number of aromatic nitrogens is 4. The fourth-order valence-corrected chi connectivity index (χ4v) is 2.59. The van der Waals surface area contributed by atoms with Crippen LogP contribution in [-0.2, 0) is 23.5 Å². The maximum atomic E-state index is 12.1. The molecular formula is C10H12N6O2S2. The second kappa shape index (κ2) is 5.51. The van der Waals surface area contributed by atoms with E-state index >= 15 is 0 Å². The average molecular weight is 312 g/mol. The van der Waals surface area contributed by atoms with E-state index in [9.17, 15) is 8.42 Å². The van der Waals surface area contributed by atoms with Crippen LogP contribution >= 0.6 is 12.2 Å². The zero-order valence-corrected chi connectivity index (χ0v) is 12.1. The fourth-order valence-electron chi connectivity index (χ4n) is 1.49. The van der Waals surface area contributed by atoms with Gasteiger partial charge in [-0.15, -0.1) is 5.10 Å². The summed E-state index contributed by atoms with van der Waals surface area (Å²) in [5, 5.41) is 10.9. The number of hydrogen-bond acceptors (Lipinski definition) is 6. The van der Waals surface area contributed by atoms with Gasteiger partial charge in [0.25, 0.3) is 16.0 Å². The van der Waals surface area contributed by atoms with E-state index < -0.39 is 10.0 Å². The highest BCUT2D eigenvalue weighted by Gasteiger charge is 2.16. The highest BCUT2D eigenvalue weighted by molar-refractivity contribution is 7.92. The number of thiocarbonyl (C=S) groups is 1. The largest absolute Gasteiger partial charge is 0.393 e. The number of hydrogen-bond donors (Lipinski definition) is 2. The molecule has 20 heavy (non-hydrogen) atoms. The van der Waals surface area contributed by atoms with Crippen LogP contribution in [0, 0.1) is 0 Å². The Labute approximate surface area is 121 Å². The third-order valence-corrected chi connectivity index (χ3v) is 3.83.